The van der Waals surface area contributed by atoms with Crippen LogP contribution in [0.15, 0.2) is 36.8 Å². The van der Waals surface area contributed by atoms with Gasteiger partial charge in [0, 0.05) is 37.3 Å². The Kier molecular flexibility index (Phi) is 4.28. The first-order chi connectivity index (χ1) is 9.15. The number of aryl methyl sites for hydroxylation is 2. The van der Waals surface area contributed by atoms with Gasteiger partial charge in [-0.15, -0.1) is 0 Å². The number of hydrogen-bond donors (Lipinski definition) is 1. The fraction of sp³-hybridized carbons (Fsp3) is 0.357. The van der Waals surface area contributed by atoms with E-state index >= 15 is 0 Å². The molecule has 0 aliphatic carbocycles. The molecular formula is C14H18N4O. The first-order valence-corrected chi connectivity index (χ1v) is 6.34. The summed E-state index contributed by atoms with van der Waals surface area (Å²) in [6.45, 7) is 4.49. The Morgan fingerprint density at radius 1 is 1.47 bits per heavy atom. The lowest BCUT2D eigenvalue weighted by molar-refractivity contribution is -0.122. The summed E-state index contributed by atoms with van der Waals surface area (Å²) in [6, 6.07) is 5.75. The highest BCUT2D eigenvalue weighted by molar-refractivity contribution is 5.76. The molecule has 1 amide bonds. The van der Waals surface area contributed by atoms with Crippen molar-refractivity contribution in [2.45, 2.75) is 32.9 Å². The Morgan fingerprint density at radius 3 is 2.95 bits per heavy atom. The van der Waals surface area contributed by atoms with Crippen molar-refractivity contribution >= 4 is 5.91 Å². The quantitative estimate of drug-likeness (QED) is 0.890. The van der Waals surface area contributed by atoms with E-state index in [0.717, 1.165) is 11.3 Å². The molecule has 0 fully saturated rings. The molecule has 2 heterocycles. The van der Waals surface area contributed by atoms with Crippen LogP contribution >= 0.6 is 0 Å². The Hall–Kier alpha value is -2.17. The highest BCUT2D eigenvalue weighted by Crippen LogP contribution is 2.11. The number of nitrogens with one attached hydrogen (secondary N) is 1. The van der Waals surface area contributed by atoms with E-state index in [1.807, 2.05) is 38.2 Å². The van der Waals surface area contributed by atoms with E-state index in [1.165, 1.54) is 0 Å². The number of hydrogen-bond acceptors (Lipinski definition) is 3. The van der Waals surface area contributed by atoms with E-state index in [9.17, 15) is 4.79 Å². The zero-order valence-corrected chi connectivity index (χ0v) is 11.2. The maximum Gasteiger partial charge on any atom is 0.222 e. The lowest BCUT2D eigenvalue weighted by atomic mass is 10.1. The molecule has 19 heavy (non-hydrogen) atoms. The summed E-state index contributed by atoms with van der Waals surface area (Å²) in [5.41, 5.74) is 1.99. The predicted molar refractivity (Wildman–Crippen MR) is 72.4 cm³/mol. The number of carbonyl (C=O) groups excluding carboxylic acids is 1. The smallest absolute Gasteiger partial charge is 0.222 e. The second kappa shape index (κ2) is 6.13. The summed E-state index contributed by atoms with van der Waals surface area (Å²) in [5, 5.41) is 7.02. The van der Waals surface area contributed by atoms with E-state index in [-0.39, 0.29) is 11.9 Å². The van der Waals surface area contributed by atoms with Gasteiger partial charge in [0.1, 0.15) is 0 Å². The normalized spacial score (nSPS) is 12.1. The van der Waals surface area contributed by atoms with Gasteiger partial charge in [0.2, 0.25) is 5.91 Å². The Balaban J connectivity index is 1.83. The molecule has 0 aliphatic heterocycles. The van der Waals surface area contributed by atoms with Gasteiger partial charge < -0.3 is 5.32 Å². The molecular weight excluding hydrogens is 240 g/mol. The van der Waals surface area contributed by atoms with Crippen LogP contribution in [-0.4, -0.2) is 20.7 Å². The minimum absolute atomic E-state index is 0.0172. The van der Waals surface area contributed by atoms with Gasteiger partial charge in [-0.25, -0.2) is 0 Å². The molecule has 0 saturated heterocycles. The number of pyridine rings is 1. The minimum Gasteiger partial charge on any atom is -0.349 e. The summed E-state index contributed by atoms with van der Waals surface area (Å²) >= 11 is 0. The van der Waals surface area contributed by atoms with Crippen LogP contribution in [0.1, 0.15) is 30.6 Å². The molecule has 5 nitrogen and oxygen atoms in total. The first kappa shape index (κ1) is 13.3. The van der Waals surface area contributed by atoms with Crippen LogP contribution in [0.4, 0.5) is 0 Å². The van der Waals surface area contributed by atoms with Gasteiger partial charge in [-0.3, -0.25) is 14.5 Å². The average molecular weight is 258 g/mol. The maximum absolute atomic E-state index is 11.8. The standard InChI is InChI=1S/C14H18N4O/c1-11-4-5-13(10-15-11)12(2)17-14(19)6-9-18-8-3-7-16-18/h3-5,7-8,10,12H,6,9H2,1-2H3,(H,17,19)/t12-/m1/s1. The molecule has 0 spiro atoms. The molecule has 1 atom stereocenters. The molecule has 100 valence electrons. The van der Waals surface area contributed by atoms with Crippen LogP contribution in [0.25, 0.3) is 0 Å². The third kappa shape index (κ3) is 3.91. The monoisotopic (exact) mass is 258 g/mol. The molecule has 2 aromatic rings. The third-order valence-electron chi connectivity index (χ3n) is 2.94. The van der Waals surface area contributed by atoms with Crippen molar-refractivity contribution < 1.29 is 4.79 Å². The molecule has 0 radical (unpaired) electrons. The lowest BCUT2D eigenvalue weighted by Gasteiger charge is -2.14. The number of rotatable bonds is 5. The number of nitrogens with zero attached hydrogens (tertiary/aromatic N) is 3. The van der Waals surface area contributed by atoms with E-state index in [1.54, 1.807) is 17.1 Å². The van der Waals surface area contributed by atoms with Gasteiger partial charge in [0.15, 0.2) is 0 Å². The second-order valence-electron chi connectivity index (χ2n) is 4.54. The van der Waals surface area contributed by atoms with E-state index in [2.05, 4.69) is 15.4 Å². The van der Waals surface area contributed by atoms with Crippen molar-refractivity contribution in [2.24, 2.45) is 0 Å². The fourth-order valence-corrected chi connectivity index (χ4v) is 1.78. The largest absolute Gasteiger partial charge is 0.349 e. The van der Waals surface area contributed by atoms with Crippen molar-refractivity contribution in [1.82, 2.24) is 20.1 Å². The van der Waals surface area contributed by atoms with Crippen LogP contribution in [0.5, 0.6) is 0 Å². The third-order valence-corrected chi connectivity index (χ3v) is 2.94. The molecule has 2 rings (SSSR count). The Labute approximate surface area is 112 Å². The number of carbonyl (C=O) groups is 1. The van der Waals surface area contributed by atoms with Crippen LogP contribution in [-0.2, 0) is 11.3 Å². The topological polar surface area (TPSA) is 59.8 Å². The summed E-state index contributed by atoms with van der Waals surface area (Å²) in [4.78, 5) is 16.0. The van der Waals surface area contributed by atoms with Gasteiger partial charge in [0.25, 0.3) is 0 Å². The van der Waals surface area contributed by atoms with Gasteiger partial charge in [-0.1, -0.05) is 6.07 Å². The second-order valence-corrected chi connectivity index (χ2v) is 4.54. The molecule has 0 unspecified atom stereocenters. The molecule has 0 bridgehead atoms. The molecule has 0 aromatic carbocycles. The Bertz CT molecular complexity index is 519. The van der Waals surface area contributed by atoms with Crippen LogP contribution in [0.2, 0.25) is 0 Å². The molecule has 0 aliphatic rings. The van der Waals surface area contributed by atoms with E-state index < -0.39 is 0 Å². The number of aromatic nitrogens is 3. The van der Waals surface area contributed by atoms with Crippen LogP contribution in [0, 0.1) is 6.92 Å². The minimum atomic E-state index is -0.0294. The van der Waals surface area contributed by atoms with E-state index in [4.69, 9.17) is 0 Å². The molecule has 2 aromatic heterocycles. The maximum atomic E-state index is 11.8. The van der Waals surface area contributed by atoms with Crippen molar-refractivity contribution in [3.63, 3.8) is 0 Å². The first-order valence-electron chi connectivity index (χ1n) is 6.34. The molecule has 5 heteroatoms. The van der Waals surface area contributed by atoms with E-state index in [0.29, 0.717) is 13.0 Å². The zero-order valence-electron chi connectivity index (χ0n) is 11.2. The summed E-state index contributed by atoms with van der Waals surface area (Å²) < 4.78 is 1.75. The lowest BCUT2D eigenvalue weighted by Crippen LogP contribution is -2.27. The summed E-state index contributed by atoms with van der Waals surface area (Å²) in [6.07, 6.45) is 5.78. The van der Waals surface area contributed by atoms with Gasteiger partial charge in [0.05, 0.1) is 6.04 Å². The zero-order chi connectivity index (χ0) is 13.7. The molecule has 0 saturated carbocycles. The molecule has 1 N–H and O–H groups in total. The SMILES string of the molecule is Cc1ccc([C@@H](C)NC(=O)CCn2cccn2)cn1. The number of amides is 1. The van der Waals surface area contributed by atoms with Crippen LogP contribution < -0.4 is 5.32 Å². The van der Waals surface area contributed by atoms with Crippen molar-refractivity contribution in [2.75, 3.05) is 0 Å². The van der Waals surface area contributed by atoms with Gasteiger partial charge in [-0.05, 0) is 31.5 Å². The average Bonchev–Trinajstić information content (AvgIpc) is 2.90. The Morgan fingerprint density at radius 2 is 2.32 bits per heavy atom. The van der Waals surface area contributed by atoms with Crippen molar-refractivity contribution in [3.8, 4) is 0 Å². The van der Waals surface area contributed by atoms with Crippen molar-refractivity contribution in [1.29, 1.82) is 0 Å². The van der Waals surface area contributed by atoms with Gasteiger partial charge >= 0.3 is 0 Å². The van der Waals surface area contributed by atoms with Crippen molar-refractivity contribution in [3.05, 3.63) is 48.0 Å². The summed E-state index contributed by atoms with van der Waals surface area (Å²) in [5.74, 6) is 0.0172. The highest BCUT2D eigenvalue weighted by atomic mass is 16.1. The fourth-order valence-electron chi connectivity index (χ4n) is 1.78. The van der Waals surface area contributed by atoms with Gasteiger partial charge in [-0.2, -0.15) is 5.10 Å². The summed E-state index contributed by atoms with van der Waals surface area (Å²) in [7, 11) is 0. The van der Waals surface area contributed by atoms with Crippen LogP contribution in [0.3, 0.4) is 0 Å². The highest BCUT2D eigenvalue weighted by Gasteiger charge is 2.09. The predicted octanol–water partition coefficient (Wildman–Crippen LogP) is 1.85.